The number of anilines is 2. The van der Waals surface area contributed by atoms with Crippen LogP contribution in [-0.4, -0.2) is 49.1 Å². The highest BCUT2D eigenvalue weighted by molar-refractivity contribution is 5.88. The van der Waals surface area contributed by atoms with Crippen LogP contribution < -0.4 is 16.0 Å². The molecule has 0 radical (unpaired) electrons. The maximum atomic E-state index is 11.5. The summed E-state index contributed by atoms with van der Waals surface area (Å²) in [4.78, 5) is 17.9. The Morgan fingerprint density at radius 2 is 2.20 bits per heavy atom. The monoisotopic (exact) mass is 277 g/mol. The van der Waals surface area contributed by atoms with Gasteiger partial charge in [0.2, 0.25) is 0 Å². The van der Waals surface area contributed by atoms with Gasteiger partial charge in [-0.25, -0.2) is 9.78 Å². The van der Waals surface area contributed by atoms with Gasteiger partial charge in [0, 0.05) is 12.6 Å². The number of carbonyl (C=O) groups is 1. The summed E-state index contributed by atoms with van der Waals surface area (Å²) in [6.45, 7) is 1.97. The van der Waals surface area contributed by atoms with E-state index in [1.54, 1.807) is 12.3 Å². The molecule has 0 atom stereocenters. The number of amides is 2. The van der Waals surface area contributed by atoms with Crippen LogP contribution in [0.3, 0.4) is 0 Å². The van der Waals surface area contributed by atoms with Crippen molar-refractivity contribution < 1.29 is 4.79 Å². The van der Waals surface area contributed by atoms with E-state index < -0.39 is 0 Å². The molecule has 2 rings (SSSR count). The summed E-state index contributed by atoms with van der Waals surface area (Å²) in [7, 11) is 4.13. The topological polar surface area (TPSA) is 69.3 Å². The minimum atomic E-state index is -0.174. The third-order valence-electron chi connectivity index (χ3n) is 3.03. The highest BCUT2D eigenvalue weighted by atomic mass is 16.2. The Morgan fingerprint density at radius 1 is 1.40 bits per heavy atom. The number of pyridine rings is 1. The SMILES string of the molecule is CN(C)CCCNc1ccc(NC(=O)NC2CC2)nc1. The van der Waals surface area contributed by atoms with Crippen molar-refractivity contribution in [2.75, 3.05) is 37.8 Å². The Labute approximate surface area is 120 Å². The second kappa shape index (κ2) is 7.09. The third kappa shape index (κ3) is 5.44. The normalized spacial score (nSPS) is 14.2. The van der Waals surface area contributed by atoms with Crippen molar-refractivity contribution in [2.24, 2.45) is 0 Å². The second-order valence-corrected chi connectivity index (χ2v) is 5.39. The van der Waals surface area contributed by atoms with Gasteiger partial charge in [0.05, 0.1) is 11.9 Å². The third-order valence-corrected chi connectivity index (χ3v) is 3.03. The Balaban J connectivity index is 1.70. The van der Waals surface area contributed by atoms with Gasteiger partial charge in [-0.15, -0.1) is 0 Å². The predicted octanol–water partition coefficient (Wildman–Crippen LogP) is 1.73. The molecule has 1 aliphatic rings. The van der Waals surface area contributed by atoms with Gasteiger partial charge in [0.1, 0.15) is 5.82 Å². The minimum Gasteiger partial charge on any atom is -0.384 e. The van der Waals surface area contributed by atoms with Crippen LogP contribution in [0.2, 0.25) is 0 Å². The lowest BCUT2D eigenvalue weighted by Gasteiger charge is -2.11. The second-order valence-electron chi connectivity index (χ2n) is 5.39. The molecule has 3 N–H and O–H groups in total. The standard InChI is InChI=1S/C14H23N5O/c1-19(2)9-3-8-15-12-6-7-13(16-10-12)18-14(20)17-11-4-5-11/h6-7,10-11,15H,3-5,8-9H2,1-2H3,(H2,16,17,18,20). The highest BCUT2D eigenvalue weighted by Gasteiger charge is 2.23. The number of rotatable bonds is 7. The van der Waals surface area contributed by atoms with Crippen molar-refractivity contribution in [1.82, 2.24) is 15.2 Å². The van der Waals surface area contributed by atoms with Crippen LogP contribution in [0.25, 0.3) is 0 Å². The van der Waals surface area contributed by atoms with Gasteiger partial charge >= 0.3 is 6.03 Å². The number of hydrogen-bond donors (Lipinski definition) is 3. The van der Waals surface area contributed by atoms with Crippen LogP contribution in [-0.2, 0) is 0 Å². The molecule has 1 fully saturated rings. The van der Waals surface area contributed by atoms with Crippen molar-refractivity contribution in [2.45, 2.75) is 25.3 Å². The lowest BCUT2D eigenvalue weighted by atomic mass is 10.3. The van der Waals surface area contributed by atoms with Crippen LogP contribution in [0.1, 0.15) is 19.3 Å². The van der Waals surface area contributed by atoms with E-state index in [0.717, 1.165) is 38.0 Å². The lowest BCUT2D eigenvalue weighted by Crippen LogP contribution is -2.30. The number of nitrogens with zero attached hydrogens (tertiary/aromatic N) is 2. The first-order chi connectivity index (χ1) is 9.63. The average molecular weight is 277 g/mol. The summed E-state index contributed by atoms with van der Waals surface area (Å²) in [5, 5.41) is 8.89. The van der Waals surface area contributed by atoms with Gasteiger partial charge in [-0.1, -0.05) is 0 Å². The number of carbonyl (C=O) groups excluding carboxylic acids is 1. The molecule has 0 spiro atoms. The molecule has 1 aromatic rings. The van der Waals surface area contributed by atoms with Gasteiger partial charge in [-0.2, -0.15) is 0 Å². The molecule has 6 nitrogen and oxygen atoms in total. The fourth-order valence-corrected chi connectivity index (χ4v) is 1.77. The van der Waals surface area contributed by atoms with E-state index in [0.29, 0.717) is 11.9 Å². The molecular weight excluding hydrogens is 254 g/mol. The molecule has 1 heterocycles. The molecule has 0 bridgehead atoms. The van der Waals surface area contributed by atoms with Crippen molar-refractivity contribution >= 4 is 17.5 Å². The molecule has 1 aromatic heterocycles. The molecule has 0 aromatic carbocycles. The summed E-state index contributed by atoms with van der Waals surface area (Å²) in [6, 6.07) is 3.91. The lowest BCUT2D eigenvalue weighted by molar-refractivity contribution is 0.251. The van der Waals surface area contributed by atoms with Crippen LogP contribution in [0.15, 0.2) is 18.3 Å². The molecule has 0 aliphatic heterocycles. The fourth-order valence-electron chi connectivity index (χ4n) is 1.77. The van der Waals surface area contributed by atoms with Crippen LogP contribution in [0.5, 0.6) is 0 Å². The van der Waals surface area contributed by atoms with E-state index in [1.807, 2.05) is 6.07 Å². The van der Waals surface area contributed by atoms with E-state index in [9.17, 15) is 4.79 Å². The van der Waals surface area contributed by atoms with Crippen LogP contribution >= 0.6 is 0 Å². The smallest absolute Gasteiger partial charge is 0.320 e. The predicted molar refractivity (Wildman–Crippen MR) is 81.1 cm³/mol. The van der Waals surface area contributed by atoms with Crippen LogP contribution in [0.4, 0.5) is 16.3 Å². The fraction of sp³-hybridized carbons (Fsp3) is 0.571. The molecule has 2 amide bonds. The molecule has 0 saturated heterocycles. The van der Waals surface area contributed by atoms with E-state index in [2.05, 4.69) is 39.9 Å². The van der Waals surface area contributed by atoms with Gasteiger partial charge in [-0.05, 0) is 52.0 Å². The summed E-state index contributed by atoms with van der Waals surface area (Å²) >= 11 is 0. The number of nitrogens with one attached hydrogen (secondary N) is 3. The number of aromatic nitrogens is 1. The largest absolute Gasteiger partial charge is 0.384 e. The zero-order valence-corrected chi connectivity index (χ0v) is 12.1. The molecule has 20 heavy (non-hydrogen) atoms. The highest BCUT2D eigenvalue weighted by Crippen LogP contribution is 2.18. The Morgan fingerprint density at radius 3 is 2.80 bits per heavy atom. The maximum Gasteiger partial charge on any atom is 0.320 e. The van der Waals surface area contributed by atoms with E-state index >= 15 is 0 Å². The van der Waals surface area contributed by atoms with Gasteiger partial charge < -0.3 is 15.5 Å². The Hall–Kier alpha value is -1.82. The van der Waals surface area contributed by atoms with E-state index in [1.165, 1.54) is 0 Å². The van der Waals surface area contributed by atoms with Crippen molar-refractivity contribution in [1.29, 1.82) is 0 Å². The Kier molecular flexibility index (Phi) is 5.17. The number of urea groups is 1. The van der Waals surface area contributed by atoms with Gasteiger partial charge in [-0.3, -0.25) is 5.32 Å². The first kappa shape index (κ1) is 14.6. The van der Waals surface area contributed by atoms with Crippen molar-refractivity contribution in [3.05, 3.63) is 18.3 Å². The van der Waals surface area contributed by atoms with Crippen molar-refractivity contribution in [3.63, 3.8) is 0 Å². The zero-order valence-electron chi connectivity index (χ0n) is 12.1. The van der Waals surface area contributed by atoms with Crippen LogP contribution in [0, 0.1) is 0 Å². The summed E-state index contributed by atoms with van der Waals surface area (Å²) < 4.78 is 0. The summed E-state index contributed by atoms with van der Waals surface area (Å²) in [5.41, 5.74) is 0.969. The molecular formula is C14H23N5O. The number of hydrogen-bond acceptors (Lipinski definition) is 4. The van der Waals surface area contributed by atoms with Gasteiger partial charge in [0.25, 0.3) is 0 Å². The summed E-state index contributed by atoms with van der Waals surface area (Å²) in [6.07, 6.45) is 4.98. The molecule has 1 saturated carbocycles. The van der Waals surface area contributed by atoms with Crippen molar-refractivity contribution in [3.8, 4) is 0 Å². The zero-order chi connectivity index (χ0) is 14.4. The van der Waals surface area contributed by atoms with Gasteiger partial charge in [0.15, 0.2) is 0 Å². The molecule has 1 aliphatic carbocycles. The molecule has 110 valence electrons. The van der Waals surface area contributed by atoms with E-state index in [-0.39, 0.29) is 6.03 Å². The summed E-state index contributed by atoms with van der Waals surface area (Å²) in [5.74, 6) is 0.571. The maximum absolute atomic E-state index is 11.5. The first-order valence-electron chi connectivity index (χ1n) is 7.05. The molecule has 0 unspecified atom stereocenters. The minimum absolute atomic E-state index is 0.174. The Bertz CT molecular complexity index is 428. The van der Waals surface area contributed by atoms with E-state index in [4.69, 9.17) is 0 Å². The molecule has 6 heteroatoms. The first-order valence-corrected chi connectivity index (χ1v) is 7.05. The quantitative estimate of drug-likeness (QED) is 0.664. The average Bonchev–Trinajstić information content (AvgIpc) is 3.20.